The first-order chi connectivity index (χ1) is 8.79. The van der Waals surface area contributed by atoms with Crippen molar-refractivity contribution in [2.75, 3.05) is 13.2 Å². The Labute approximate surface area is 113 Å². The number of carbonyl (C=O) groups is 1. The molecule has 0 aliphatic carbocycles. The molecule has 0 aromatic carbocycles. The quantitative estimate of drug-likeness (QED) is 0.793. The summed E-state index contributed by atoms with van der Waals surface area (Å²) in [5, 5.41) is 2.06. The van der Waals surface area contributed by atoms with Crippen LogP contribution < -0.4 is 0 Å². The first-order valence-corrected chi connectivity index (χ1v) is 7.59. The molecule has 0 saturated carbocycles. The van der Waals surface area contributed by atoms with E-state index in [1.165, 1.54) is 4.88 Å². The Hall–Kier alpha value is -0.870. The first kappa shape index (κ1) is 13.6. The van der Waals surface area contributed by atoms with E-state index in [-0.39, 0.29) is 12.0 Å². The highest BCUT2D eigenvalue weighted by molar-refractivity contribution is 7.09. The van der Waals surface area contributed by atoms with Crippen molar-refractivity contribution in [1.82, 2.24) is 4.90 Å². The van der Waals surface area contributed by atoms with Crippen molar-refractivity contribution in [3.8, 4) is 0 Å². The van der Waals surface area contributed by atoms with Gasteiger partial charge in [0.1, 0.15) is 0 Å². The van der Waals surface area contributed by atoms with Crippen molar-refractivity contribution in [3.63, 3.8) is 0 Å². The molecule has 1 unspecified atom stereocenters. The van der Waals surface area contributed by atoms with E-state index in [0.717, 1.165) is 39.0 Å². The molecule has 1 amide bonds. The highest BCUT2D eigenvalue weighted by atomic mass is 32.1. The van der Waals surface area contributed by atoms with Crippen LogP contribution in [0.25, 0.3) is 0 Å². The molecule has 1 aromatic heterocycles. The summed E-state index contributed by atoms with van der Waals surface area (Å²) in [6.07, 6.45) is 3.99. The van der Waals surface area contributed by atoms with Crippen molar-refractivity contribution >= 4 is 17.2 Å². The lowest BCUT2D eigenvalue weighted by molar-refractivity contribution is -0.133. The summed E-state index contributed by atoms with van der Waals surface area (Å²) in [6.45, 7) is 4.37. The number of carbonyl (C=O) groups excluding carboxylic acids is 1. The summed E-state index contributed by atoms with van der Waals surface area (Å²) in [5.41, 5.74) is 0. The predicted octanol–water partition coefficient (Wildman–Crippen LogP) is 3.06. The SMILES string of the molecule is CCCC(=O)N(Cc1cccs1)CC1CCCO1. The topological polar surface area (TPSA) is 29.5 Å². The van der Waals surface area contributed by atoms with Crippen LogP contribution in [0.4, 0.5) is 0 Å². The van der Waals surface area contributed by atoms with Gasteiger partial charge in [0.15, 0.2) is 0 Å². The molecule has 4 heteroatoms. The Morgan fingerprint density at radius 1 is 1.61 bits per heavy atom. The summed E-state index contributed by atoms with van der Waals surface area (Å²) in [6, 6.07) is 4.13. The highest BCUT2D eigenvalue weighted by Gasteiger charge is 2.22. The fourth-order valence-corrected chi connectivity index (χ4v) is 2.97. The molecule has 2 rings (SSSR count). The molecule has 1 saturated heterocycles. The maximum atomic E-state index is 12.1. The minimum Gasteiger partial charge on any atom is -0.376 e. The van der Waals surface area contributed by atoms with Crippen LogP contribution in [0.5, 0.6) is 0 Å². The van der Waals surface area contributed by atoms with E-state index in [2.05, 4.69) is 11.4 Å². The van der Waals surface area contributed by atoms with Crippen molar-refractivity contribution < 1.29 is 9.53 Å². The third-order valence-electron chi connectivity index (χ3n) is 3.19. The lowest BCUT2D eigenvalue weighted by Crippen LogP contribution is -2.36. The monoisotopic (exact) mass is 267 g/mol. The van der Waals surface area contributed by atoms with Crippen molar-refractivity contribution in [2.45, 2.75) is 45.3 Å². The van der Waals surface area contributed by atoms with E-state index in [0.29, 0.717) is 6.42 Å². The van der Waals surface area contributed by atoms with E-state index in [1.807, 2.05) is 17.9 Å². The zero-order valence-electron chi connectivity index (χ0n) is 10.9. The van der Waals surface area contributed by atoms with E-state index < -0.39 is 0 Å². The van der Waals surface area contributed by atoms with Gasteiger partial charge in [0.2, 0.25) is 5.91 Å². The molecule has 1 aliphatic rings. The van der Waals surface area contributed by atoms with E-state index >= 15 is 0 Å². The lowest BCUT2D eigenvalue weighted by atomic mass is 10.2. The van der Waals surface area contributed by atoms with Crippen LogP contribution in [0.3, 0.4) is 0 Å². The van der Waals surface area contributed by atoms with Gasteiger partial charge in [-0.25, -0.2) is 0 Å². The van der Waals surface area contributed by atoms with Gasteiger partial charge in [-0.05, 0) is 30.7 Å². The Morgan fingerprint density at radius 2 is 2.50 bits per heavy atom. The minimum atomic E-state index is 0.241. The number of nitrogens with zero attached hydrogens (tertiary/aromatic N) is 1. The van der Waals surface area contributed by atoms with Gasteiger partial charge in [0.05, 0.1) is 12.6 Å². The molecule has 18 heavy (non-hydrogen) atoms. The molecule has 0 N–H and O–H groups in total. The van der Waals surface area contributed by atoms with Gasteiger partial charge in [0.25, 0.3) is 0 Å². The molecule has 1 atom stereocenters. The van der Waals surface area contributed by atoms with E-state index in [4.69, 9.17) is 4.74 Å². The van der Waals surface area contributed by atoms with Crippen molar-refractivity contribution in [3.05, 3.63) is 22.4 Å². The largest absolute Gasteiger partial charge is 0.376 e. The summed E-state index contributed by atoms with van der Waals surface area (Å²) in [5.74, 6) is 0.251. The number of rotatable bonds is 6. The highest BCUT2D eigenvalue weighted by Crippen LogP contribution is 2.18. The van der Waals surface area contributed by atoms with Gasteiger partial charge in [-0.3, -0.25) is 4.79 Å². The predicted molar refractivity (Wildman–Crippen MR) is 73.6 cm³/mol. The van der Waals surface area contributed by atoms with Crippen LogP contribution in [-0.2, 0) is 16.1 Å². The molecule has 0 radical (unpaired) electrons. The normalized spacial score (nSPS) is 19.1. The number of hydrogen-bond acceptors (Lipinski definition) is 3. The second-order valence-corrected chi connectivity index (χ2v) is 5.77. The fraction of sp³-hybridized carbons (Fsp3) is 0.643. The number of hydrogen-bond donors (Lipinski definition) is 0. The van der Waals surface area contributed by atoms with Crippen LogP contribution >= 0.6 is 11.3 Å². The molecule has 2 heterocycles. The Bertz CT molecular complexity index is 358. The van der Waals surface area contributed by atoms with Gasteiger partial charge < -0.3 is 9.64 Å². The van der Waals surface area contributed by atoms with Crippen molar-refractivity contribution in [1.29, 1.82) is 0 Å². The third-order valence-corrected chi connectivity index (χ3v) is 4.05. The molecular weight excluding hydrogens is 246 g/mol. The summed E-state index contributed by atoms with van der Waals surface area (Å²) in [7, 11) is 0. The Balaban J connectivity index is 1.94. The molecular formula is C14H21NO2S. The van der Waals surface area contributed by atoms with Gasteiger partial charge in [-0.2, -0.15) is 0 Å². The third kappa shape index (κ3) is 3.82. The van der Waals surface area contributed by atoms with Gasteiger partial charge in [-0.15, -0.1) is 11.3 Å². The molecule has 0 spiro atoms. The van der Waals surface area contributed by atoms with E-state index in [1.54, 1.807) is 11.3 Å². The summed E-state index contributed by atoms with van der Waals surface area (Å²) in [4.78, 5) is 15.3. The van der Waals surface area contributed by atoms with Crippen LogP contribution in [0.2, 0.25) is 0 Å². The number of amides is 1. The molecule has 1 aliphatic heterocycles. The second-order valence-electron chi connectivity index (χ2n) is 4.74. The molecule has 3 nitrogen and oxygen atoms in total. The average molecular weight is 267 g/mol. The van der Waals surface area contributed by atoms with E-state index in [9.17, 15) is 4.79 Å². The second kappa shape index (κ2) is 6.90. The maximum Gasteiger partial charge on any atom is 0.222 e. The van der Waals surface area contributed by atoms with Gasteiger partial charge >= 0.3 is 0 Å². The number of ether oxygens (including phenoxy) is 1. The Kier molecular flexibility index (Phi) is 5.20. The first-order valence-electron chi connectivity index (χ1n) is 6.71. The molecule has 1 fully saturated rings. The summed E-state index contributed by atoms with van der Waals surface area (Å²) < 4.78 is 5.64. The van der Waals surface area contributed by atoms with Crippen molar-refractivity contribution in [2.24, 2.45) is 0 Å². The zero-order valence-corrected chi connectivity index (χ0v) is 11.7. The lowest BCUT2D eigenvalue weighted by Gasteiger charge is -2.25. The minimum absolute atomic E-state index is 0.241. The van der Waals surface area contributed by atoms with Gasteiger partial charge in [0, 0.05) is 24.4 Å². The summed E-state index contributed by atoms with van der Waals surface area (Å²) >= 11 is 1.71. The van der Waals surface area contributed by atoms with Crippen LogP contribution in [0, 0.1) is 0 Å². The maximum absolute atomic E-state index is 12.1. The number of thiophene rings is 1. The molecule has 1 aromatic rings. The van der Waals surface area contributed by atoms with Crippen LogP contribution in [0.15, 0.2) is 17.5 Å². The molecule has 0 bridgehead atoms. The zero-order chi connectivity index (χ0) is 12.8. The van der Waals surface area contributed by atoms with Crippen LogP contribution in [0.1, 0.15) is 37.5 Å². The average Bonchev–Trinajstić information content (AvgIpc) is 3.01. The smallest absolute Gasteiger partial charge is 0.222 e. The Morgan fingerprint density at radius 3 is 3.11 bits per heavy atom. The molecule has 100 valence electrons. The van der Waals surface area contributed by atoms with Crippen LogP contribution in [-0.4, -0.2) is 30.1 Å². The fourth-order valence-electron chi connectivity index (χ4n) is 2.25. The standard InChI is InChI=1S/C14H21NO2S/c1-2-5-14(16)15(10-12-6-3-8-17-12)11-13-7-4-9-18-13/h4,7,9,12H,2-3,5-6,8,10-11H2,1H3. The van der Waals surface area contributed by atoms with Gasteiger partial charge in [-0.1, -0.05) is 13.0 Å².